The number of nitrogens with zero attached hydrogens (tertiary/aromatic N) is 1. The summed E-state index contributed by atoms with van der Waals surface area (Å²) in [5, 5.41) is 22.8. The summed E-state index contributed by atoms with van der Waals surface area (Å²) in [6, 6.07) is 11.9. The summed E-state index contributed by atoms with van der Waals surface area (Å²) in [6.45, 7) is 1.11. The van der Waals surface area contributed by atoms with Crippen LogP contribution in [0.2, 0.25) is 5.02 Å². The van der Waals surface area contributed by atoms with Crippen molar-refractivity contribution < 1.29 is 24.5 Å². The third kappa shape index (κ3) is 4.09. The number of ether oxygens (including phenoxy) is 1. The Balaban J connectivity index is 1.96. The van der Waals surface area contributed by atoms with Gasteiger partial charge in [-0.1, -0.05) is 17.7 Å². The number of aryl methyl sites for hydroxylation is 1. The average Bonchev–Trinajstić information content (AvgIpc) is 2.62. The quantitative estimate of drug-likeness (QED) is 0.619. The molecular weight excluding hydrogens is 372 g/mol. The third-order valence-electron chi connectivity index (χ3n) is 3.79. The predicted molar refractivity (Wildman–Crippen MR) is 99.6 cm³/mol. The van der Waals surface area contributed by atoms with Gasteiger partial charge in [0.2, 0.25) is 0 Å². The van der Waals surface area contributed by atoms with Gasteiger partial charge < -0.3 is 20.3 Å². The first kappa shape index (κ1) is 18.5. The van der Waals surface area contributed by atoms with Crippen LogP contribution in [0.5, 0.6) is 17.2 Å². The monoisotopic (exact) mass is 386 g/mol. The van der Waals surface area contributed by atoms with E-state index in [1.54, 1.807) is 49.4 Å². The number of carboxylic acid groups (broad SMARTS) is 1. The number of aromatic nitrogens is 1. The van der Waals surface area contributed by atoms with Crippen LogP contribution in [0.15, 0.2) is 42.5 Å². The minimum absolute atomic E-state index is 0.232. The number of hydrogen-bond donors (Lipinski definition) is 3. The highest BCUT2D eigenvalue weighted by molar-refractivity contribution is 6.30. The van der Waals surface area contributed by atoms with Crippen molar-refractivity contribution >= 4 is 34.2 Å². The van der Waals surface area contributed by atoms with Crippen LogP contribution < -0.4 is 10.1 Å². The van der Waals surface area contributed by atoms with Gasteiger partial charge in [0.05, 0.1) is 0 Å². The van der Waals surface area contributed by atoms with Crippen LogP contribution in [0.1, 0.15) is 16.2 Å². The van der Waals surface area contributed by atoms with Gasteiger partial charge in [0, 0.05) is 21.5 Å². The Morgan fingerprint density at radius 3 is 2.59 bits per heavy atom. The minimum Gasteiger partial charge on any atom is -0.505 e. The smallest absolute Gasteiger partial charge is 0.322 e. The van der Waals surface area contributed by atoms with E-state index in [1.165, 1.54) is 0 Å². The molecule has 0 unspecified atom stereocenters. The summed E-state index contributed by atoms with van der Waals surface area (Å²) >= 11 is 5.95. The lowest BCUT2D eigenvalue weighted by Crippen LogP contribution is -2.30. The number of aromatic hydroxyl groups is 1. The maximum atomic E-state index is 12.1. The van der Waals surface area contributed by atoms with Gasteiger partial charge in [0.1, 0.15) is 18.0 Å². The molecule has 0 saturated heterocycles. The first-order chi connectivity index (χ1) is 12.8. The minimum atomic E-state index is -1.19. The number of fused-ring (bicyclic) bond motifs is 1. The van der Waals surface area contributed by atoms with Crippen molar-refractivity contribution in [2.45, 2.75) is 6.92 Å². The van der Waals surface area contributed by atoms with Gasteiger partial charge in [-0.15, -0.1) is 0 Å². The number of halogens is 1. The second-order valence-electron chi connectivity index (χ2n) is 5.74. The molecular formula is C19H15ClN2O5. The average molecular weight is 387 g/mol. The van der Waals surface area contributed by atoms with Crippen LogP contribution in [0.4, 0.5) is 0 Å². The number of pyridine rings is 1. The molecule has 3 rings (SSSR count). The van der Waals surface area contributed by atoms with E-state index < -0.39 is 18.4 Å². The largest absolute Gasteiger partial charge is 0.505 e. The van der Waals surface area contributed by atoms with E-state index in [4.69, 9.17) is 21.4 Å². The van der Waals surface area contributed by atoms with Crippen LogP contribution in [-0.4, -0.2) is 33.6 Å². The highest BCUT2D eigenvalue weighted by Crippen LogP contribution is 2.33. The molecule has 0 bridgehead atoms. The summed E-state index contributed by atoms with van der Waals surface area (Å²) in [7, 11) is 0. The lowest BCUT2D eigenvalue weighted by molar-refractivity contribution is -0.135. The molecule has 0 saturated carbocycles. The summed E-state index contributed by atoms with van der Waals surface area (Å²) in [5.41, 5.74) is 0.254. The van der Waals surface area contributed by atoms with E-state index in [2.05, 4.69) is 10.3 Å². The number of hydrogen-bond acceptors (Lipinski definition) is 5. The van der Waals surface area contributed by atoms with Crippen LogP contribution >= 0.6 is 11.6 Å². The normalized spacial score (nSPS) is 10.6. The number of carbonyl (C=O) groups is 2. The molecule has 1 heterocycles. The molecule has 0 radical (unpaired) electrons. The van der Waals surface area contributed by atoms with Crippen molar-refractivity contribution in [2.24, 2.45) is 0 Å². The number of carboxylic acids is 1. The molecule has 0 spiro atoms. The standard InChI is InChI=1S/C19H15ClN2O5/c1-10-15-8-13(27-12-4-2-3-11(20)7-12)5-6-14(15)18(25)17(22-10)19(26)21-9-16(23)24/h2-8,25H,9H2,1H3,(H,21,26)(H,23,24). The predicted octanol–water partition coefficient (Wildman–Crippen LogP) is 3.51. The molecule has 138 valence electrons. The lowest BCUT2D eigenvalue weighted by Gasteiger charge is -2.12. The van der Waals surface area contributed by atoms with Crippen molar-refractivity contribution in [1.29, 1.82) is 0 Å². The highest BCUT2D eigenvalue weighted by Gasteiger charge is 2.18. The molecule has 8 heteroatoms. The Morgan fingerprint density at radius 1 is 1.15 bits per heavy atom. The number of nitrogens with one attached hydrogen (secondary N) is 1. The zero-order chi connectivity index (χ0) is 19.6. The van der Waals surface area contributed by atoms with Gasteiger partial charge in [-0.3, -0.25) is 9.59 Å². The summed E-state index contributed by atoms with van der Waals surface area (Å²) in [4.78, 5) is 26.8. The Bertz CT molecular complexity index is 1050. The van der Waals surface area contributed by atoms with E-state index in [9.17, 15) is 14.7 Å². The Labute approximate surface area is 159 Å². The third-order valence-corrected chi connectivity index (χ3v) is 4.02. The van der Waals surface area contributed by atoms with Gasteiger partial charge in [-0.2, -0.15) is 0 Å². The number of amides is 1. The molecule has 0 atom stereocenters. The van der Waals surface area contributed by atoms with Crippen molar-refractivity contribution in [2.75, 3.05) is 6.54 Å². The molecule has 2 aromatic carbocycles. The second-order valence-corrected chi connectivity index (χ2v) is 6.17. The Kier molecular flexibility index (Phi) is 5.14. The fraction of sp³-hybridized carbons (Fsp3) is 0.105. The van der Waals surface area contributed by atoms with Crippen molar-refractivity contribution in [1.82, 2.24) is 10.3 Å². The Morgan fingerprint density at radius 2 is 1.89 bits per heavy atom. The van der Waals surface area contributed by atoms with E-state index in [0.717, 1.165) is 0 Å². The number of rotatable bonds is 5. The second kappa shape index (κ2) is 7.51. The maximum absolute atomic E-state index is 12.1. The molecule has 0 fully saturated rings. The molecule has 0 aliphatic carbocycles. The summed E-state index contributed by atoms with van der Waals surface area (Å²) in [5.74, 6) is -1.21. The lowest BCUT2D eigenvalue weighted by atomic mass is 10.1. The van der Waals surface area contributed by atoms with Crippen LogP contribution in [0.25, 0.3) is 10.8 Å². The van der Waals surface area contributed by atoms with E-state index >= 15 is 0 Å². The summed E-state index contributed by atoms with van der Waals surface area (Å²) < 4.78 is 5.77. The zero-order valence-corrected chi connectivity index (χ0v) is 14.9. The number of aliphatic carboxylic acids is 1. The molecule has 27 heavy (non-hydrogen) atoms. The molecule has 3 N–H and O–H groups in total. The Hall–Kier alpha value is -3.32. The van der Waals surface area contributed by atoms with E-state index in [1.807, 2.05) is 0 Å². The van der Waals surface area contributed by atoms with Gasteiger partial charge in [0.15, 0.2) is 11.4 Å². The van der Waals surface area contributed by atoms with Crippen LogP contribution in [0, 0.1) is 6.92 Å². The molecule has 1 aromatic heterocycles. The van der Waals surface area contributed by atoms with E-state index in [-0.39, 0.29) is 11.4 Å². The van der Waals surface area contributed by atoms with Crippen molar-refractivity contribution in [3.63, 3.8) is 0 Å². The molecule has 7 nitrogen and oxygen atoms in total. The van der Waals surface area contributed by atoms with Gasteiger partial charge in [-0.05, 0) is 43.3 Å². The summed E-state index contributed by atoms with van der Waals surface area (Å²) in [6.07, 6.45) is 0. The zero-order valence-electron chi connectivity index (χ0n) is 14.2. The SMILES string of the molecule is Cc1nc(C(=O)NCC(=O)O)c(O)c2ccc(Oc3cccc(Cl)c3)cc12. The number of benzene rings is 2. The fourth-order valence-corrected chi connectivity index (χ4v) is 2.75. The van der Waals surface area contributed by atoms with Crippen molar-refractivity contribution in [3.8, 4) is 17.2 Å². The van der Waals surface area contributed by atoms with Gasteiger partial charge >= 0.3 is 5.97 Å². The molecule has 0 aliphatic heterocycles. The van der Waals surface area contributed by atoms with Gasteiger partial charge in [0.25, 0.3) is 5.91 Å². The number of carbonyl (C=O) groups excluding carboxylic acids is 1. The molecule has 0 aliphatic rings. The first-order valence-electron chi connectivity index (χ1n) is 7.92. The van der Waals surface area contributed by atoms with Gasteiger partial charge in [-0.25, -0.2) is 4.98 Å². The van der Waals surface area contributed by atoms with E-state index in [0.29, 0.717) is 33.0 Å². The fourth-order valence-electron chi connectivity index (χ4n) is 2.57. The molecule has 1 amide bonds. The van der Waals surface area contributed by atoms with Crippen LogP contribution in [0.3, 0.4) is 0 Å². The first-order valence-corrected chi connectivity index (χ1v) is 8.29. The topological polar surface area (TPSA) is 109 Å². The highest BCUT2D eigenvalue weighted by atomic mass is 35.5. The molecule has 3 aromatic rings. The van der Waals surface area contributed by atoms with Crippen molar-refractivity contribution in [3.05, 3.63) is 58.9 Å². The maximum Gasteiger partial charge on any atom is 0.322 e. The van der Waals surface area contributed by atoms with Crippen LogP contribution in [-0.2, 0) is 4.79 Å².